The third-order valence-electron chi connectivity index (χ3n) is 5.70. The minimum absolute atomic E-state index is 0.213. The van der Waals surface area contributed by atoms with Gasteiger partial charge >= 0.3 is 0 Å². The summed E-state index contributed by atoms with van der Waals surface area (Å²) in [6.45, 7) is 1.46. The van der Waals surface area contributed by atoms with Gasteiger partial charge in [-0.1, -0.05) is 103 Å². The molecule has 0 bridgehead atoms. The number of hydrogen-bond acceptors (Lipinski definition) is 4. The van der Waals surface area contributed by atoms with Crippen molar-refractivity contribution in [3.63, 3.8) is 0 Å². The SMILES string of the molecule is Clc1ccc(-c2nnc(C(c3ccccc3)N(Cc3ccccc3)Cc3ccccc3)o2)cc1. The zero-order valence-electron chi connectivity index (χ0n) is 18.6. The van der Waals surface area contributed by atoms with E-state index in [1.165, 1.54) is 11.1 Å². The summed E-state index contributed by atoms with van der Waals surface area (Å²) < 4.78 is 6.28. The third-order valence-corrected chi connectivity index (χ3v) is 5.96. The molecule has 5 heteroatoms. The fourth-order valence-corrected chi connectivity index (χ4v) is 4.20. The molecule has 0 N–H and O–H groups in total. The molecule has 0 aliphatic heterocycles. The van der Waals surface area contributed by atoms with Crippen LogP contribution in [-0.4, -0.2) is 15.1 Å². The second-order valence-electron chi connectivity index (χ2n) is 8.14. The predicted molar refractivity (Wildman–Crippen MR) is 135 cm³/mol. The standard InChI is InChI=1S/C29H24ClN3O/c30-26-18-16-25(17-19-26)28-31-32-29(34-28)27(24-14-8-3-9-15-24)33(20-22-10-4-1-5-11-22)21-23-12-6-2-7-13-23/h1-19,27H,20-21H2. The molecule has 1 aromatic heterocycles. The van der Waals surface area contributed by atoms with Crippen molar-refractivity contribution in [2.45, 2.75) is 19.1 Å². The molecule has 5 rings (SSSR count). The highest BCUT2D eigenvalue weighted by molar-refractivity contribution is 6.30. The average Bonchev–Trinajstić information content (AvgIpc) is 3.36. The fourth-order valence-electron chi connectivity index (χ4n) is 4.07. The first-order valence-corrected chi connectivity index (χ1v) is 11.6. The maximum atomic E-state index is 6.28. The Kier molecular flexibility index (Phi) is 6.80. The zero-order chi connectivity index (χ0) is 23.2. The normalized spacial score (nSPS) is 12.1. The molecule has 5 aromatic rings. The van der Waals surface area contributed by atoms with E-state index in [4.69, 9.17) is 16.0 Å². The Morgan fingerprint density at radius 3 is 1.74 bits per heavy atom. The highest BCUT2D eigenvalue weighted by Gasteiger charge is 2.28. The van der Waals surface area contributed by atoms with E-state index in [-0.39, 0.29) is 6.04 Å². The first kappa shape index (κ1) is 22.1. The van der Waals surface area contributed by atoms with Crippen LogP contribution >= 0.6 is 11.6 Å². The molecule has 0 spiro atoms. The van der Waals surface area contributed by atoms with Gasteiger partial charge in [0.25, 0.3) is 0 Å². The summed E-state index contributed by atoms with van der Waals surface area (Å²) in [7, 11) is 0. The van der Waals surface area contributed by atoms with E-state index in [9.17, 15) is 0 Å². The van der Waals surface area contributed by atoms with Crippen molar-refractivity contribution in [2.24, 2.45) is 0 Å². The third kappa shape index (κ3) is 5.25. The second-order valence-corrected chi connectivity index (χ2v) is 8.58. The predicted octanol–water partition coefficient (Wildman–Crippen LogP) is 7.18. The van der Waals surface area contributed by atoms with Crippen molar-refractivity contribution in [2.75, 3.05) is 0 Å². The van der Waals surface area contributed by atoms with Crippen LogP contribution in [0.25, 0.3) is 11.5 Å². The van der Waals surface area contributed by atoms with E-state index < -0.39 is 0 Å². The molecular formula is C29H24ClN3O. The quantitative estimate of drug-likeness (QED) is 0.243. The lowest BCUT2D eigenvalue weighted by molar-refractivity contribution is 0.181. The van der Waals surface area contributed by atoms with E-state index in [1.54, 1.807) is 0 Å². The monoisotopic (exact) mass is 465 g/mol. The minimum atomic E-state index is -0.213. The van der Waals surface area contributed by atoms with Crippen LogP contribution < -0.4 is 0 Å². The molecule has 4 aromatic carbocycles. The Hall–Kier alpha value is -3.73. The Bertz CT molecular complexity index is 1260. The summed E-state index contributed by atoms with van der Waals surface area (Å²) in [5.74, 6) is 1.04. The van der Waals surface area contributed by atoms with Gasteiger partial charge in [0.2, 0.25) is 11.8 Å². The van der Waals surface area contributed by atoms with Gasteiger partial charge in [-0.2, -0.15) is 0 Å². The lowest BCUT2D eigenvalue weighted by Gasteiger charge is -2.30. The summed E-state index contributed by atoms with van der Waals surface area (Å²) in [6, 6.07) is 38.5. The van der Waals surface area contributed by atoms with Gasteiger partial charge in [0, 0.05) is 23.7 Å². The first-order valence-electron chi connectivity index (χ1n) is 11.2. The van der Waals surface area contributed by atoms with Crippen LogP contribution in [-0.2, 0) is 13.1 Å². The highest BCUT2D eigenvalue weighted by Crippen LogP contribution is 2.32. The fraction of sp³-hybridized carbons (Fsp3) is 0.103. The molecule has 4 nitrogen and oxygen atoms in total. The van der Waals surface area contributed by atoms with Crippen molar-refractivity contribution in [1.82, 2.24) is 15.1 Å². The number of nitrogens with zero attached hydrogens (tertiary/aromatic N) is 3. The van der Waals surface area contributed by atoms with Crippen molar-refractivity contribution < 1.29 is 4.42 Å². The molecule has 0 radical (unpaired) electrons. The summed E-state index contributed by atoms with van der Waals surface area (Å²) >= 11 is 6.06. The van der Waals surface area contributed by atoms with Gasteiger partial charge in [0.15, 0.2) is 0 Å². The van der Waals surface area contributed by atoms with Crippen LogP contribution in [0, 0.1) is 0 Å². The molecule has 0 fully saturated rings. The smallest absolute Gasteiger partial charge is 0.247 e. The molecule has 168 valence electrons. The van der Waals surface area contributed by atoms with Crippen molar-refractivity contribution in [3.8, 4) is 11.5 Å². The largest absolute Gasteiger partial charge is 0.419 e. The Balaban J connectivity index is 1.56. The maximum absolute atomic E-state index is 6.28. The lowest BCUT2D eigenvalue weighted by Crippen LogP contribution is -2.29. The van der Waals surface area contributed by atoms with Crippen molar-refractivity contribution in [1.29, 1.82) is 0 Å². The topological polar surface area (TPSA) is 42.2 Å². The van der Waals surface area contributed by atoms with Crippen LogP contribution in [0.1, 0.15) is 28.6 Å². The van der Waals surface area contributed by atoms with Crippen LogP contribution in [0.5, 0.6) is 0 Å². The zero-order valence-corrected chi connectivity index (χ0v) is 19.3. The molecule has 1 unspecified atom stereocenters. The molecule has 1 atom stereocenters. The second kappa shape index (κ2) is 10.5. The van der Waals surface area contributed by atoms with Crippen LogP contribution in [0.4, 0.5) is 0 Å². The molecule has 0 saturated heterocycles. The average molecular weight is 466 g/mol. The Labute approximate surface area is 204 Å². The summed E-state index contributed by atoms with van der Waals surface area (Å²) in [5, 5.41) is 9.55. The minimum Gasteiger partial charge on any atom is -0.419 e. The summed E-state index contributed by atoms with van der Waals surface area (Å²) in [5.41, 5.74) is 4.38. The van der Waals surface area contributed by atoms with Gasteiger partial charge in [-0.3, -0.25) is 4.90 Å². The molecule has 0 aliphatic rings. The number of hydrogen-bond donors (Lipinski definition) is 0. The lowest BCUT2D eigenvalue weighted by atomic mass is 10.0. The maximum Gasteiger partial charge on any atom is 0.247 e. The molecule has 0 amide bonds. The van der Waals surface area contributed by atoms with Gasteiger partial charge in [0.1, 0.15) is 6.04 Å². The van der Waals surface area contributed by atoms with E-state index >= 15 is 0 Å². The molecule has 34 heavy (non-hydrogen) atoms. The summed E-state index contributed by atoms with van der Waals surface area (Å²) in [6.07, 6.45) is 0. The Morgan fingerprint density at radius 2 is 1.18 bits per heavy atom. The van der Waals surface area contributed by atoms with Crippen molar-refractivity contribution >= 4 is 11.6 Å². The van der Waals surface area contributed by atoms with E-state index in [0.717, 1.165) is 24.2 Å². The van der Waals surface area contributed by atoms with Gasteiger partial charge in [-0.15, -0.1) is 10.2 Å². The van der Waals surface area contributed by atoms with E-state index in [1.807, 2.05) is 54.6 Å². The molecule has 0 aliphatic carbocycles. The number of rotatable bonds is 8. The van der Waals surface area contributed by atoms with Crippen molar-refractivity contribution in [3.05, 3.63) is 143 Å². The Morgan fingerprint density at radius 1 is 0.647 bits per heavy atom. The van der Waals surface area contributed by atoms with Crippen LogP contribution in [0.2, 0.25) is 5.02 Å². The van der Waals surface area contributed by atoms with Crippen LogP contribution in [0.15, 0.2) is 120 Å². The first-order chi connectivity index (χ1) is 16.8. The molecule has 0 saturated carbocycles. The number of halogens is 1. The highest BCUT2D eigenvalue weighted by atomic mass is 35.5. The van der Waals surface area contributed by atoms with Gasteiger partial charge < -0.3 is 4.42 Å². The van der Waals surface area contributed by atoms with Gasteiger partial charge in [0.05, 0.1) is 0 Å². The summed E-state index contributed by atoms with van der Waals surface area (Å²) in [4.78, 5) is 2.37. The molecular weight excluding hydrogens is 442 g/mol. The van der Waals surface area contributed by atoms with Gasteiger partial charge in [-0.25, -0.2) is 0 Å². The van der Waals surface area contributed by atoms with E-state index in [0.29, 0.717) is 16.8 Å². The van der Waals surface area contributed by atoms with Gasteiger partial charge in [-0.05, 0) is 41.0 Å². The molecule has 1 heterocycles. The van der Waals surface area contributed by atoms with Crippen LogP contribution in [0.3, 0.4) is 0 Å². The number of aromatic nitrogens is 2. The number of benzene rings is 4. The van der Waals surface area contributed by atoms with E-state index in [2.05, 4.69) is 75.8 Å².